The summed E-state index contributed by atoms with van der Waals surface area (Å²) in [4.78, 5) is 91.9. The fourth-order valence-corrected chi connectivity index (χ4v) is 15.4. The van der Waals surface area contributed by atoms with Gasteiger partial charge in [0.2, 0.25) is 23.6 Å². The maximum absolute atomic E-state index is 13.8. The van der Waals surface area contributed by atoms with E-state index in [4.69, 9.17) is 47.4 Å². The molecule has 41 heteroatoms. The zero-order valence-corrected chi connectivity index (χ0v) is 66.8. The van der Waals surface area contributed by atoms with Crippen LogP contribution in [-0.2, 0) is 80.9 Å². The highest BCUT2D eigenvalue weighted by atomic mass is 16.8. The Labute approximate surface area is 673 Å². The predicted octanol–water partition coefficient (Wildman–Crippen LogP) is -4.60. The lowest BCUT2D eigenvalue weighted by molar-refractivity contribution is -0.388. The van der Waals surface area contributed by atoms with E-state index in [2.05, 4.69) is 35.1 Å². The van der Waals surface area contributed by atoms with Crippen LogP contribution in [-0.4, -0.2) is 366 Å². The minimum Gasteiger partial charge on any atom is -0.477 e. The number of aliphatic carboxylic acids is 3. The number of aliphatic hydroxyl groups excluding tert-OH is 17. The van der Waals surface area contributed by atoms with Crippen LogP contribution in [0.15, 0.2) is 0 Å². The fourth-order valence-electron chi connectivity index (χ4n) is 15.4. The lowest BCUT2D eigenvalue weighted by atomic mass is 9.86. The van der Waals surface area contributed by atoms with Crippen LogP contribution in [0, 0.1) is 0 Å². The summed E-state index contributed by atoms with van der Waals surface area (Å²) >= 11 is 0. The molecule has 24 N–H and O–H groups in total. The van der Waals surface area contributed by atoms with E-state index < -0.39 is 277 Å². The molecular formula is C75H132N4O37. The average Bonchev–Trinajstić information content (AvgIpc) is 0.752. The summed E-state index contributed by atoms with van der Waals surface area (Å²) in [6.45, 7) is -0.0764. The first kappa shape index (κ1) is 102. The van der Waals surface area contributed by atoms with Gasteiger partial charge in [-0.3, -0.25) is 19.2 Å². The molecule has 0 bridgehead atoms. The molecule has 41 nitrogen and oxygen atoms in total. The van der Waals surface area contributed by atoms with Crippen molar-refractivity contribution in [1.82, 2.24) is 21.3 Å². The second kappa shape index (κ2) is 50.0. The van der Waals surface area contributed by atoms with Crippen LogP contribution in [0.25, 0.3) is 0 Å². The van der Waals surface area contributed by atoms with E-state index in [1.165, 1.54) is 57.8 Å². The van der Waals surface area contributed by atoms with Gasteiger partial charge in [0.15, 0.2) is 12.6 Å². The molecule has 674 valence electrons. The molecule has 0 aliphatic carbocycles. The Bertz CT molecular complexity index is 2940. The molecule has 5 fully saturated rings. The molecule has 0 aromatic heterocycles. The van der Waals surface area contributed by atoms with Gasteiger partial charge in [-0.1, -0.05) is 149 Å². The molecule has 116 heavy (non-hydrogen) atoms. The van der Waals surface area contributed by atoms with Gasteiger partial charge in [0, 0.05) is 46.5 Å². The molecule has 0 saturated carbocycles. The number of carboxylic acid groups (broad SMARTS) is 3. The monoisotopic (exact) mass is 1680 g/mol. The third kappa shape index (κ3) is 28.7. The van der Waals surface area contributed by atoms with Crippen LogP contribution in [0.1, 0.15) is 208 Å². The number of rotatable bonds is 54. The normalized spacial score (nSPS) is 33.8. The van der Waals surface area contributed by atoms with Crippen LogP contribution >= 0.6 is 0 Å². The Balaban J connectivity index is 1.38. The van der Waals surface area contributed by atoms with Gasteiger partial charge in [0.25, 0.3) is 17.4 Å². The summed E-state index contributed by atoms with van der Waals surface area (Å²) in [5.41, 5.74) is 0. The average molecular weight is 1680 g/mol. The molecule has 5 aliphatic heterocycles. The number of aliphatic hydroxyl groups is 17. The van der Waals surface area contributed by atoms with Crippen molar-refractivity contribution in [2.75, 3.05) is 39.6 Å². The van der Waals surface area contributed by atoms with Gasteiger partial charge in [0.05, 0.1) is 88.2 Å². The Morgan fingerprint density at radius 1 is 0.431 bits per heavy atom. The maximum atomic E-state index is 13.8. The van der Waals surface area contributed by atoms with E-state index in [0.29, 0.717) is 12.8 Å². The van der Waals surface area contributed by atoms with E-state index in [0.717, 1.165) is 91.4 Å². The number of hydrogen-bond donors (Lipinski definition) is 24. The number of carboxylic acids is 3. The van der Waals surface area contributed by atoms with E-state index >= 15 is 0 Å². The van der Waals surface area contributed by atoms with Crippen LogP contribution in [0.2, 0.25) is 0 Å². The smallest absolute Gasteiger partial charge is 0.364 e. The summed E-state index contributed by atoms with van der Waals surface area (Å²) in [6.07, 6.45) is -32.0. The zero-order valence-electron chi connectivity index (χ0n) is 66.8. The third-order valence-electron chi connectivity index (χ3n) is 21.8. The van der Waals surface area contributed by atoms with E-state index in [-0.39, 0.29) is 18.7 Å². The van der Waals surface area contributed by atoms with Gasteiger partial charge in [-0.05, 0) is 12.8 Å². The molecular weight excluding hydrogens is 1550 g/mol. The first-order valence-corrected chi connectivity index (χ1v) is 40.7. The highest BCUT2D eigenvalue weighted by molar-refractivity contribution is 5.79. The number of nitrogens with one attached hydrogen (secondary N) is 4. The summed E-state index contributed by atoms with van der Waals surface area (Å²) in [5.74, 6) is -20.5. The summed E-state index contributed by atoms with van der Waals surface area (Å²) in [7, 11) is 0. The van der Waals surface area contributed by atoms with Crippen molar-refractivity contribution in [2.24, 2.45) is 0 Å². The highest BCUT2D eigenvalue weighted by Crippen LogP contribution is 2.43. The predicted molar refractivity (Wildman–Crippen MR) is 397 cm³/mol. The van der Waals surface area contributed by atoms with Crippen molar-refractivity contribution >= 4 is 41.5 Å². The summed E-state index contributed by atoms with van der Waals surface area (Å²) < 4.78 is 58.1. The molecule has 30 atom stereocenters. The Morgan fingerprint density at radius 3 is 1.20 bits per heavy atom. The van der Waals surface area contributed by atoms with Crippen molar-refractivity contribution in [3.8, 4) is 0 Å². The van der Waals surface area contributed by atoms with E-state index in [1.54, 1.807) is 0 Å². The lowest BCUT2D eigenvalue weighted by Crippen LogP contribution is -2.72. The van der Waals surface area contributed by atoms with Crippen molar-refractivity contribution < 1.29 is 183 Å². The fraction of sp³-hybridized carbons (Fsp3) is 0.907. The van der Waals surface area contributed by atoms with Gasteiger partial charge < -0.3 is 171 Å². The molecule has 3 unspecified atom stereocenters. The molecule has 0 aromatic carbocycles. The number of amides is 4. The molecule has 0 spiro atoms. The number of hydrogen-bond acceptors (Lipinski definition) is 34. The largest absolute Gasteiger partial charge is 0.477 e. The van der Waals surface area contributed by atoms with Gasteiger partial charge in [-0.15, -0.1) is 0 Å². The summed E-state index contributed by atoms with van der Waals surface area (Å²) in [6, 6.07) is -6.93. The Kier molecular flexibility index (Phi) is 43.8. The number of ether oxygens (including phenoxy) is 10. The van der Waals surface area contributed by atoms with Crippen LogP contribution in [0.5, 0.6) is 0 Å². The van der Waals surface area contributed by atoms with Gasteiger partial charge in [-0.25, -0.2) is 14.4 Å². The van der Waals surface area contributed by atoms with Gasteiger partial charge in [-0.2, -0.15) is 0 Å². The molecule has 5 saturated heterocycles. The van der Waals surface area contributed by atoms with Crippen LogP contribution < -0.4 is 21.3 Å². The SMILES string of the molecule is CCCCCCCCCCCCCCC[C@@H](O)[C@H](CO[C@@H]1O[C@H](CO)[C@@H](O[C@@H]2O[C@H](CO)[C@H](O)[C@H](O[C@]3(C(=O)O)C[C@H](O)[C@@H](NC(C)=O)C([C@H](O)[C@@H](CO)O[C@]4(C(=O)O)C[C@H](O)[C@@H](NC(C)=O)C([C@H](O)[C@@H](CO)O[C@]5(C(=O)O)C[C@H](O)[C@@H](NC(C)=O)C([C@H](O)[C@H](O)CO)O5)O4)O3)[C@H]2O)[C@H](O)[C@H]1O)NC(=O)CCCCCCCCCCC. The molecule has 4 amide bonds. The minimum atomic E-state index is -3.57. The van der Waals surface area contributed by atoms with Crippen molar-refractivity contribution in [1.29, 1.82) is 0 Å². The quantitative estimate of drug-likeness (QED) is 0.0255. The molecule has 0 radical (unpaired) electrons. The number of unbranched alkanes of at least 4 members (excludes halogenated alkanes) is 20. The zero-order chi connectivity index (χ0) is 86.4. The first-order valence-electron chi connectivity index (χ1n) is 40.7. The van der Waals surface area contributed by atoms with Crippen molar-refractivity contribution in [3.63, 3.8) is 0 Å². The number of carbonyl (C=O) groups is 7. The van der Waals surface area contributed by atoms with Crippen LogP contribution in [0.4, 0.5) is 0 Å². The van der Waals surface area contributed by atoms with Crippen LogP contribution in [0.3, 0.4) is 0 Å². The standard InChI is InChI=1S/C75H132N4O37/c1-6-8-10-12-14-16-17-18-19-21-22-24-26-28-43(88)42(79-52(93)29-27-25-23-20-15-13-11-9-7-2)38-107-68-61(99)60(98)63(51(37-84)109-68)110-69-62(100)67(57(95)48(34-81)108-69)116-75(72(105)106)32-46(91)55(78-41(5)87)66(115-75)59(97)50(36-83)112-74(71(103)104)31-45(90)54(77-40(4)86)65(114-74)58(96)49(35-82)111-73(70(101)102)30-44(89)53(76-39(3)85)64(113-73)56(94)47(92)33-80/h42-51,53-69,80-84,88-92,94-100H,6-38H2,1-5H3,(H,76,85)(H,77,86)(H,78,87)(H,79,93)(H,101,102)(H,103,104)(H,105,106)/t42-,43+,44-,45-,46-,47+,48+,49+,50+,51+,53+,54+,55+,56+,57-,58+,59+,60+,61+,62+,63+,64?,65?,66?,67-,68+,69-,73+,74+,75-/m0/s1. The summed E-state index contributed by atoms with van der Waals surface area (Å²) in [5, 5.41) is 234. The third-order valence-corrected chi connectivity index (χ3v) is 21.8. The maximum Gasteiger partial charge on any atom is 0.364 e. The van der Waals surface area contributed by atoms with Gasteiger partial charge in [0.1, 0.15) is 104 Å². The van der Waals surface area contributed by atoms with Crippen molar-refractivity contribution in [2.45, 2.75) is 390 Å². The second-order valence-corrected chi connectivity index (χ2v) is 31.1. The first-order chi connectivity index (χ1) is 55.0. The Morgan fingerprint density at radius 2 is 0.810 bits per heavy atom. The Hall–Kier alpha value is -4.79. The molecule has 0 aromatic rings. The molecule has 5 aliphatic rings. The molecule has 5 rings (SSSR count). The topological polar surface area (TPSA) is 665 Å². The minimum absolute atomic E-state index is 0.144. The van der Waals surface area contributed by atoms with Crippen molar-refractivity contribution in [3.05, 3.63) is 0 Å². The lowest BCUT2D eigenvalue weighted by Gasteiger charge is -2.51. The number of carbonyl (C=O) groups excluding carboxylic acids is 4. The van der Waals surface area contributed by atoms with E-state index in [9.17, 15) is 136 Å². The van der Waals surface area contributed by atoms with Gasteiger partial charge >= 0.3 is 17.9 Å². The van der Waals surface area contributed by atoms with E-state index in [1.807, 2.05) is 0 Å². The highest BCUT2D eigenvalue weighted by Gasteiger charge is 2.64. The second-order valence-electron chi connectivity index (χ2n) is 31.1. The molecule has 5 heterocycles.